The number of nitrogens with zero attached hydrogens (tertiary/aromatic N) is 2. The minimum absolute atomic E-state index is 0.00508. The molecule has 6 aromatic rings. The first kappa shape index (κ1) is 46.8. The van der Waals surface area contributed by atoms with Gasteiger partial charge in [-0.15, -0.1) is 0 Å². The van der Waals surface area contributed by atoms with Crippen molar-refractivity contribution in [2.24, 2.45) is 0 Å². The maximum atomic E-state index is 2.74. The standard InChI is InChI=1S/C67H77BN2/c1-42-34-59-61-60(35-42)70(56-29-27-46(63(5,6)7)37-48(56)44-24-20-17-21-25-44)58-41-52-50(65(10,11)31-33-67(52,14)15)39-54(58)68(61)53-38-49-51(66(12,13)32-30-64(49,8)9)40-57(53)69(59)55-28-26-45(62(2,3)4)36-47(55)43-22-18-16-19-23-43/h16-20,22-24,26-29,34-41H,21,25,30-33H2,1-15H3. The van der Waals surface area contributed by atoms with E-state index in [1.165, 1.54) is 137 Å². The van der Waals surface area contributed by atoms with Gasteiger partial charge in [-0.3, -0.25) is 0 Å². The van der Waals surface area contributed by atoms with Crippen LogP contribution in [0.3, 0.4) is 0 Å². The Balaban J connectivity index is 1.31. The smallest absolute Gasteiger partial charge is 0.252 e. The summed E-state index contributed by atoms with van der Waals surface area (Å²) in [5.74, 6) is 0. The van der Waals surface area contributed by atoms with E-state index in [-0.39, 0.29) is 39.2 Å². The lowest BCUT2D eigenvalue weighted by molar-refractivity contribution is 0.332. The van der Waals surface area contributed by atoms with E-state index in [0.29, 0.717) is 0 Å². The van der Waals surface area contributed by atoms with E-state index in [0.717, 1.165) is 12.8 Å². The van der Waals surface area contributed by atoms with Crippen molar-refractivity contribution in [3.05, 3.63) is 166 Å². The molecule has 0 spiro atoms. The van der Waals surface area contributed by atoms with Crippen molar-refractivity contribution in [3.8, 4) is 11.1 Å². The molecule has 0 N–H and O–H groups in total. The third-order valence-corrected chi connectivity index (χ3v) is 17.8. The zero-order valence-electron chi connectivity index (χ0n) is 45.3. The largest absolute Gasteiger partial charge is 0.311 e. The number of allylic oxidation sites excluding steroid dienone is 4. The van der Waals surface area contributed by atoms with Crippen LogP contribution >= 0.6 is 0 Å². The number of hydrogen-bond donors (Lipinski definition) is 0. The highest BCUT2D eigenvalue weighted by molar-refractivity contribution is 7.00. The zero-order chi connectivity index (χ0) is 49.7. The van der Waals surface area contributed by atoms with Gasteiger partial charge in [0, 0.05) is 33.9 Å². The number of anilines is 6. The van der Waals surface area contributed by atoms with Crippen LogP contribution in [0.25, 0.3) is 16.7 Å². The summed E-state index contributed by atoms with van der Waals surface area (Å²) in [6, 6.07) is 41.9. The first-order chi connectivity index (χ1) is 32.9. The Labute approximate surface area is 422 Å². The Morgan fingerprint density at radius 3 is 1.36 bits per heavy atom. The Morgan fingerprint density at radius 1 is 0.471 bits per heavy atom. The number of hydrogen-bond acceptors (Lipinski definition) is 2. The average molecular weight is 921 g/mol. The second kappa shape index (κ2) is 15.7. The predicted molar refractivity (Wildman–Crippen MR) is 305 cm³/mol. The van der Waals surface area contributed by atoms with Crippen LogP contribution in [0.1, 0.15) is 180 Å². The molecule has 0 saturated carbocycles. The first-order valence-electron chi connectivity index (χ1n) is 26.7. The SMILES string of the molecule is Cc1cc2c3c(c1)N(c1ccc(C(C)(C)C)cc1-c1ccccc1)c1cc4c(cc1B3c1cc3c(cc1N2c1ccc(C(C)(C)C)cc1C1=CC=CCC1)C(C)(C)CCC3(C)C)C(C)(C)CCC4(C)C. The van der Waals surface area contributed by atoms with Gasteiger partial charge in [-0.1, -0.05) is 170 Å². The van der Waals surface area contributed by atoms with E-state index < -0.39 is 0 Å². The van der Waals surface area contributed by atoms with Crippen LogP contribution in [-0.2, 0) is 32.5 Å². The minimum atomic E-state index is -0.0142. The van der Waals surface area contributed by atoms with Crippen molar-refractivity contribution >= 4 is 62.8 Å². The second-order valence-electron chi connectivity index (χ2n) is 26.8. The molecule has 70 heavy (non-hydrogen) atoms. The lowest BCUT2D eigenvalue weighted by Gasteiger charge is -2.49. The fourth-order valence-electron chi connectivity index (χ4n) is 13.1. The zero-order valence-corrected chi connectivity index (χ0v) is 45.3. The highest BCUT2D eigenvalue weighted by Crippen LogP contribution is 2.54. The third kappa shape index (κ3) is 7.41. The van der Waals surface area contributed by atoms with Gasteiger partial charge >= 0.3 is 0 Å². The molecule has 3 aliphatic carbocycles. The lowest BCUT2D eigenvalue weighted by atomic mass is 9.32. The summed E-state index contributed by atoms with van der Waals surface area (Å²) in [5.41, 5.74) is 27.5. The van der Waals surface area contributed by atoms with E-state index in [1.807, 2.05) is 0 Å². The fourth-order valence-corrected chi connectivity index (χ4v) is 13.1. The second-order valence-corrected chi connectivity index (χ2v) is 26.8. The predicted octanol–water partition coefficient (Wildman–Crippen LogP) is 16.8. The minimum Gasteiger partial charge on any atom is -0.311 e. The molecule has 0 radical (unpaired) electrons. The summed E-state index contributed by atoms with van der Waals surface area (Å²) in [6.45, 7) is 36.5. The van der Waals surface area contributed by atoms with Crippen LogP contribution in [0.4, 0.5) is 34.1 Å². The van der Waals surface area contributed by atoms with Crippen molar-refractivity contribution in [1.82, 2.24) is 0 Å². The van der Waals surface area contributed by atoms with Gasteiger partial charge in [0.1, 0.15) is 0 Å². The summed E-state index contributed by atoms with van der Waals surface area (Å²) >= 11 is 0. The van der Waals surface area contributed by atoms with Crippen LogP contribution in [-0.4, -0.2) is 6.71 Å². The Bertz CT molecular complexity index is 3190. The van der Waals surface area contributed by atoms with Crippen molar-refractivity contribution in [2.45, 2.75) is 175 Å². The molecule has 6 aromatic carbocycles. The molecule has 0 amide bonds. The lowest BCUT2D eigenvalue weighted by Crippen LogP contribution is -2.62. The van der Waals surface area contributed by atoms with Gasteiger partial charge in [-0.25, -0.2) is 0 Å². The molecule has 0 bridgehead atoms. The molecule has 0 aromatic heterocycles. The molecule has 2 nitrogen and oxygen atoms in total. The molecule has 0 atom stereocenters. The van der Waals surface area contributed by atoms with Crippen LogP contribution in [0.15, 0.2) is 121 Å². The summed E-state index contributed by atoms with van der Waals surface area (Å²) in [6.07, 6.45) is 13.8. The highest BCUT2D eigenvalue weighted by atomic mass is 15.2. The van der Waals surface area contributed by atoms with Crippen LogP contribution < -0.4 is 26.2 Å². The molecule has 358 valence electrons. The topological polar surface area (TPSA) is 6.48 Å². The summed E-state index contributed by atoms with van der Waals surface area (Å²) < 4.78 is 0. The van der Waals surface area contributed by atoms with Crippen LogP contribution in [0, 0.1) is 6.92 Å². The molecule has 5 aliphatic rings. The van der Waals surface area contributed by atoms with Gasteiger partial charge in [0.25, 0.3) is 6.71 Å². The van der Waals surface area contributed by atoms with Gasteiger partial charge in [0.15, 0.2) is 0 Å². The summed E-state index contributed by atoms with van der Waals surface area (Å²) in [7, 11) is 0. The number of benzene rings is 6. The molecule has 0 saturated heterocycles. The van der Waals surface area contributed by atoms with Gasteiger partial charge in [0.2, 0.25) is 0 Å². The van der Waals surface area contributed by atoms with Gasteiger partial charge in [-0.2, -0.15) is 0 Å². The molecule has 3 heteroatoms. The quantitative estimate of drug-likeness (QED) is 0.162. The van der Waals surface area contributed by atoms with E-state index in [2.05, 4.69) is 235 Å². The monoisotopic (exact) mass is 921 g/mol. The third-order valence-electron chi connectivity index (χ3n) is 17.8. The maximum Gasteiger partial charge on any atom is 0.252 e. The van der Waals surface area contributed by atoms with Crippen LogP contribution in [0.5, 0.6) is 0 Å². The number of rotatable bonds is 4. The molecule has 11 rings (SSSR count). The van der Waals surface area contributed by atoms with E-state index in [9.17, 15) is 0 Å². The number of aryl methyl sites for hydroxylation is 1. The normalized spacial score (nSPS) is 19.1. The molecule has 0 unspecified atom stereocenters. The van der Waals surface area contributed by atoms with E-state index in [4.69, 9.17) is 0 Å². The first-order valence-corrected chi connectivity index (χ1v) is 26.7. The summed E-state index contributed by atoms with van der Waals surface area (Å²) in [4.78, 5) is 5.46. The molecular weight excluding hydrogens is 844 g/mol. The fraction of sp³-hybridized carbons (Fsp3) is 0.403. The van der Waals surface area contributed by atoms with Crippen molar-refractivity contribution in [1.29, 1.82) is 0 Å². The molecular formula is C67H77BN2. The molecule has 2 heterocycles. The van der Waals surface area contributed by atoms with Crippen molar-refractivity contribution in [3.63, 3.8) is 0 Å². The molecule has 2 aliphatic heterocycles. The number of fused-ring (bicyclic) bond motifs is 6. The van der Waals surface area contributed by atoms with E-state index in [1.54, 1.807) is 0 Å². The average Bonchev–Trinajstić information content (AvgIpc) is 3.31. The highest BCUT2D eigenvalue weighted by Gasteiger charge is 2.49. The van der Waals surface area contributed by atoms with Gasteiger partial charge in [0.05, 0.1) is 11.4 Å². The Hall–Kier alpha value is -5.54. The Kier molecular flexibility index (Phi) is 10.5. The molecule has 0 fully saturated rings. The Morgan fingerprint density at radius 2 is 0.914 bits per heavy atom. The summed E-state index contributed by atoms with van der Waals surface area (Å²) in [5, 5.41) is 0. The van der Waals surface area contributed by atoms with Gasteiger partial charge < -0.3 is 9.80 Å². The van der Waals surface area contributed by atoms with Gasteiger partial charge in [-0.05, 0) is 193 Å². The maximum absolute atomic E-state index is 2.74. The van der Waals surface area contributed by atoms with Crippen LogP contribution in [0.2, 0.25) is 0 Å². The van der Waals surface area contributed by atoms with Crippen molar-refractivity contribution in [2.75, 3.05) is 9.80 Å². The van der Waals surface area contributed by atoms with E-state index >= 15 is 0 Å². The van der Waals surface area contributed by atoms with Crippen molar-refractivity contribution < 1.29 is 0 Å².